The Bertz CT molecular complexity index is 593. The van der Waals surface area contributed by atoms with Crippen molar-refractivity contribution in [3.8, 4) is 0 Å². The maximum absolute atomic E-state index is 10.7. The standard InChI is InChI=1S/C12H8O4.C4H10O2/c13-11(14)9-3-1-7-5-10(12(15)16)4-2-8(7)6-9;5-3-1-2-4-6/h1-6H,(H,13,14)(H,15,16);5-6H,1-4H2. The highest BCUT2D eigenvalue weighted by Gasteiger charge is 2.06. The van der Waals surface area contributed by atoms with Crippen molar-refractivity contribution in [1.29, 1.82) is 0 Å². The molecule has 0 atom stereocenters. The van der Waals surface area contributed by atoms with Crippen LogP contribution in [-0.4, -0.2) is 45.6 Å². The Labute approximate surface area is 127 Å². The van der Waals surface area contributed by atoms with Gasteiger partial charge in [0, 0.05) is 13.2 Å². The smallest absolute Gasteiger partial charge is 0.335 e. The molecule has 0 spiro atoms. The number of carboxylic acids is 2. The van der Waals surface area contributed by atoms with Gasteiger partial charge in [-0.3, -0.25) is 0 Å². The summed E-state index contributed by atoms with van der Waals surface area (Å²) < 4.78 is 0. The lowest BCUT2D eigenvalue weighted by Gasteiger charge is -2.01. The predicted molar refractivity (Wildman–Crippen MR) is 81.3 cm³/mol. The molecule has 22 heavy (non-hydrogen) atoms. The van der Waals surface area contributed by atoms with Gasteiger partial charge in [-0.15, -0.1) is 0 Å². The highest BCUT2D eigenvalue weighted by molar-refractivity contribution is 5.97. The maximum Gasteiger partial charge on any atom is 0.335 e. The Balaban J connectivity index is 0.000000346. The minimum atomic E-state index is -0.996. The van der Waals surface area contributed by atoms with Crippen LogP contribution in [0.2, 0.25) is 0 Å². The molecule has 0 bridgehead atoms. The average Bonchev–Trinajstić information content (AvgIpc) is 2.52. The number of fused-ring (bicyclic) bond motifs is 1. The van der Waals surface area contributed by atoms with Crippen molar-refractivity contribution in [1.82, 2.24) is 0 Å². The highest BCUT2D eigenvalue weighted by atomic mass is 16.4. The van der Waals surface area contributed by atoms with E-state index in [9.17, 15) is 9.59 Å². The van der Waals surface area contributed by atoms with Crippen LogP contribution in [0, 0.1) is 0 Å². The third kappa shape index (κ3) is 5.16. The summed E-state index contributed by atoms with van der Waals surface area (Å²) >= 11 is 0. The topological polar surface area (TPSA) is 115 Å². The summed E-state index contributed by atoms with van der Waals surface area (Å²) in [4.78, 5) is 21.5. The van der Waals surface area contributed by atoms with Crippen LogP contribution in [0.15, 0.2) is 36.4 Å². The molecule has 2 aromatic carbocycles. The van der Waals surface area contributed by atoms with E-state index in [-0.39, 0.29) is 24.3 Å². The third-order valence-electron chi connectivity index (χ3n) is 2.90. The first-order valence-electron chi connectivity index (χ1n) is 6.71. The van der Waals surface area contributed by atoms with Crippen LogP contribution >= 0.6 is 0 Å². The summed E-state index contributed by atoms with van der Waals surface area (Å²) in [7, 11) is 0. The van der Waals surface area contributed by atoms with E-state index in [0.717, 1.165) is 12.8 Å². The minimum absolute atomic E-state index is 0.190. The molecule has 6 nitrogen and oxygen atoms in total. The van der Waals surface area contributed by atoms with Crippen molar-refractivity contribution < 1.29 is 30.0 Å². The number of aliphatic hydroxyl groups is 2. The zero-order valence-corrected chi connectivity index (χ0v) is 11.9. The molecule has 0 fully saturated rings. The van der Waals surface area contributed by atoms with Crippen LogP contribution in [0.3, 0.4) is 0 Å². The second-order valence-corrected chi connectivity index (χ2v) is 4.54. The van der Waals surface area contributed by atoms with Gasteiger partial charge in [-0.25, -0.2) is 9.59 Å². The van der Waals surface area contributed by atoms with Crippen LogP contribution in [0.1, 0.15) is 33.6 Å². The van der Waals surface area contributed by atoms with E-state index in [1.807, 2.05) is 0 Å². The van der Waals surface area contributed by atoms with Gasteiger partial charge in [-0.05, 0) is 47.9 Å². The van der Waals surface area contributed by atoms with Crippen LogP contribution < -0.4 is 0 Å². The molecule has 4 N–H and O–H groups in total. The van der Waals surface area contributed by atoms with Gasteiger partial charge >= 0.3 is 11.9 Å². The molecular weight excluding hydrogens is 288 g/mol. The molecule has 0 aromatic heterocycles. The molecule has 6 heteroatoms. The molecule has 0 radical (unpaired) electrons. The van der Waals surface area contributed by atoms with E-state index in [0.29, 0.717) is 10.8 Å². The summed E-state index contributed by atoms with van der Waals surface area (Å²) in [6.45, 7) is 0.390. The second-order valence-electron chi connectivity index (χ2n) is 4.54. The fourth-order valence-corrected chi connectivity index (χ4v) is 1.74. The van der Waals surface area contributed by atoms with Gasteiger partial charge in [0.05, 0.1) is 11.1 Å². The van der Waals surface area contributed by atoms with Crippen LogP contribution in [0.4, 0.5) is 0 Å². The molecule has 0 saturated heterocycles. The number of aliphatic hydroxyl groups excluding tert-OH is 2. The Morgan fingerprint density at radius 2 is 1.09 bits per heavy atom. The normalized spacial score (nSPS) is 9.91. The molecule has 118 valence electrons. The van der Waals surface area contributed by atoms with Crippen molar-refractivity contribution in [2.75, 3.05) is 13.2 Å². The molecule has 2 aromatic rings. The lowest BCUT2D eigenvalue weighted by Crippen LogP contribution is -1.97. The van der Waals surface area contributed by atoms with Crippen molar-refractivity contribution in [3.63, 3.8) is 0 Å². The van der Waals surface area contributed by atoms with Gasteiger partial charge in [0.1, 0.15) is 0 Å². The number of unbranched alkanes of at least 4 members (excludes halogenated alkanes) is 1. The van der Waals surface area contributed by atoms with E-state index in [1.54, 1.807) is 12.1 Å². The Hall–Kier alpha value is -2.44. The number of aromatic carboxylic acids is 2. The molecule has 0 aliphatic rings. The van der Waals surface area contributed by atoms with E-state index < -0.39 is 11.9 Å². The van der Waals surface area contributed by atoms with Crippen molar-refractivity contribution >= 4 is 22.7 Å². The lowest BCUT2D eigenvalue weighted by molar-refractivity contribution is 0.0686. The van der Waals surface area contributed by atoms with Crippen LogP contribution in [-0.2, 0) is 0 Å². The number of hydrogen-bond acceptors (Lipinski definition) is 4. The monoisotopic (exact) mass is 306 g/mol. The maximum atomic E-state index is 10.7. The van der Waals surface area contributed by atoms with E-state index in [2.05, 4.69) is 0 Å². The summed E-state index contributed by atoms with van der Waals surface area (Å²) in [6.07, 6.45) is 1.44. The zero-order valence-electron chi connectivity index (χ0n) is 11.9. The molecule has 0 unspecified atom stereocenters. The number of carbonyl (C=O) groups is 2. The van der Waals surface area contributed by atoms with Crippen molar-refractivity contribution in [2.24, 2.45) is 0 Å². The largest absolute Gasteiger partial charge is 0.478 e. The van der Waals surface area contributed by atoms with E-state index in [1.165, 1.54) is 24.3 Å². The van der Waals surface area contributed by atoms with Gasteiger partial charge in [0.2, 0.25) is 0 Å². The van der Waals surface area contributed by atoms with E-state index in [4.69, 9.17) is 20.4 Å². The van der Waals surface area contributed by atoms with Crippen LogP contribution in [0.25, 0.3) is 10.8 Å². The average molecular weight is 306 g/mol. The summed E-state index contributed by atoms with van der Waals surface area (Å²) in [5.41, 5.74) is 0.381. The summed E-state index contributed by atoms with van der Waals surface area (Å²) in [6, 6.07) is 9.15. The zero-order chi connectivity index (χ0) is 16.5. The van der Waals surface area contributed by atoms with Crippen LogP contribution in [0.5, 0.6) is 0 Å². The number of rotatable bonds is 5. The fourth-order valence-electron chi connectivity index (χ4n) is 1.74. The Kier molecular flexibility index (Phi) is 7.01. The molecule has 2 rings (SSSR count). The van der Waals surface area contributed by atoms with Crippen molar-refractivity contribution in [3.05, 3.63) is 47.5 Å². The molecular formula is C16H18O6. The molecule has 0 heterocycles. The Morgan fingerprint density at radius 1 is 0.727 bits per heavy atom. The van der Waals surface area contributed by atoms with Gasteiger partial charge < -0.3 is 20.4 Å². The highest BCUT2D eigenvalue weighted by Crippen LogP contribution is 2.18. The Morgan fingerprint density at radius 3 is 1.36 bits per heavy atom. The van der Waals surface area contributed by atoms with Gasteiger partial charge in [0.25, 0.3) is 0 Å². The molecule has 0 aliphatic carbocycles. The first-order valence-corrected chi connectivity index (χ1v) is 6.71. The first-order chi connectivity index (χ1) is 10.5. The number of hydrogen-bond donors (Lipinski definition) is 4. The lowest BCUT2D eigenvalue weighted by atomic mass is 10.0. The van der Waals surface area contributed by atoms with Gasteiger partial charge in [-0.2, -0.15) is 0 Å². The molecule has 0 saturated carbocycles. The quantitative estimate of drug-likeness (QED) is 0.628. The molecule has 0 aliphatic heterocycles. The third-order valence-corrected chi connectivity index (χ3v) is 2.90. The van der Waals surface area contributed by atoms with Crippen molar-refractivity contribution in [2.45, 2.75) is 12.8 Å². The first kappa shape index (κ1) is 17.6. The number of carboxylic acid groups (broad SMARTS) is 2. The van der Waals surface area contributed by atoms with Gasteiger partial charge in [-0.1, -0.05) is 12.1 Å². The van der Waals surface area contributed by atoms with E-state index >= 15 is 0 Å². The number of benzene rings is 2. The second kappa shape index (κ2) is 8.76. The minimum Gasteiger partial charge on any atom is -0.478 e. The predicted octanol–water partition coefficient (Wildman–Crippen LogP) is 1.99. The SMILES string of the molecule is O=C(O)c1ccc2cc(C(=O)O)ccc2c1.OCCCCO. The van der Waals surface area contributed by atoms with Gasteiger partial charge in [0.15, 0.2) is 0 Å². The summed E-state index contributed by atoms with van der Waals surface area (Å²) in [5.74, 6) is -1.99. The molecule has 0 amide bonds. The summed E-state index contributed by atoms with van der Waals surface area (Å²) in [5, 5.41) is 35.2. The fraction of sp³-hybridized carbons (Fsp3) is 0.250.